The first kappa shape index (κ1) is 13.6. The Morgan fingerprint density at radius 2 is 2.06 bits per heavy atom. The molecule has 0 aliphatic heterocycles. The fourth-order valence-electron chi connectivity index (χ4n) is 3.15. The highest BCUT2D eigenvalue weighted by Crippen LogP contribution is 2.43. The predicted octanol–water partition coefficient (Wildman–Crippen LogP) is 4.15. The molecule has 3 nitrogen and oxygen atoms in total. The summed E-state index contributed by atoms with van der Waals surface area (Å²) >= 11 is 5.87. The van der Waals surface area contributed by atoms with Crippen LogP contribution in [0.3, 0.4) is 0 Å². The lowest BCUT2D eigenvalue weighted by Crippen LogP contribution is -2.28. The third-order valence-electron chi connectivity index (χ3n) is 3.78. The highest BCUT2D eigenvalue weighted by atomic mass is 35.5. The van der Waals surface area contributed by atoms with E-state index in [2.05, 4.69) is 29.1 Å². The standard InChI is InChI=1S/C14H22ClN3/c1-11(2)8-14(5-3-4-6-14)9-16-13-7-12(15)17-10-18-13/h7,10-11H,3-6,8-9H2,1-2H3,(H,16,17,18). The molecular formula is C14H22ClN3. The third kappa shape index (κ3) is 3.58. The van der Waals surface area contributed by atoms with Crippen molar-refractivity contribution in [2.45, 2.75) is 46.0 Å². The van der Waals surface area contributed by atoms with Crippen LogP contribution in [0.2, 0.25) is 5.15 Å². The summed E-state index contributed by atoms with van der Waals surface area (Å²) in [4.78, 5) is 8.10. The number of anilines is 1. The monoisotopic (exact) mass is 267 g/mol. The second kappa shape index (κ2) is 5.87. The van der Waals surface area contributed by atoms with E-state index in [0.29, 0.717) is 10.6 Å². The summed E-state index contributed by atoms with van der Waals surface area (Å²) in [7, 11) is 0. The molecule has 1 heterocycles. The molecule has 0 saturated heterocycles. The van der Waals surface area contributed by atoms with Gasteiger partial charge in [-0.05, 0) is 30.6 Å². The van der Waals surface area contributed by atoms with E-state index in [0.717, 1.165) is 18.3 Å². The van der Waals surface area contributed by atoms with Gasteiger partial charge < -0.3 is 5.32 Å². The zero-order valence-electron chi connectivity index (χ0n) is 11.2. The van der Waals surface area contributed by atoms with E-state index in [4.69, 9.17) is 11.6 Å². The van der Waals surface area contributed by atoms with Crippen LogP contribution in [0.25, 0.3) is 0 Å². The Morgan fingerprint density at radius 3 is 2.67 bits per heavy atom. The Kier molecular flexibility index (Phi) is 4.44. The molecule has 18 heavy (non-hydrogen) atoms. The van der Waals surface area contributed by atoms with E-state index in [1.165, 1.54) is 38.4 Å². The number of hydrogen-bond donors (Lipinski definition) is 1. The van der Waals surface area contributed by atoms with Crippen molar-refractivity contribution >= 4 is 17.4 Å². The number of halogens is 1. The van der Waals surface area contributed by atoms with Gasteiger partial charge in [-0.3, -0.25) is 0 Å². The molecule has 0 aromatic carbocycles. The van der Waals surface area contributed by atoms with Crippen LogP contribution in [0.4, 0.5) is 5.82 Å². The zero-order valence-corrected chi connectivity index (χ0v) is 12.0. The molecule has 0 unspecified atom stereocenters. The average Bonchev–Trinajstić information content (AvgIpc) is 2.75. The van der Waals surface area contributed by atoms with Crippen molar-refractivity contribution in [3.05, 3.63) is 17.5 Å². The van der Waals surface area contributed by atoms with Crippen LogP contribution < -0.4 is 5.32 Å². The molecule has 0 amide bonds. The summed E-state index contributed by atoms with van der Waals surface area (Å²) in [6.45, 7) is 5.61. The second-order valence-corrected chi connectivity index (χ2v) is 6.27. The van der Waals surface area contributed by atoms with Gasteiger partial charge in [0.1, 0.15) is 17.3 Å². The first-order valence-corrected chi connectivity index (χ1v) is 7.19. The van der Waals surface area contributed by atoms with Crippen LogP contribution >= 0.6 is 11.6 Å². The van der Waals surface area contributed by atoms with Crippen LogP contribution in [0.5, 0.6) is 0 Å². The molecule has 100 valence electrons. The topological polar surface area (TPSA) is 37.8 Å². The fourth-order valence-corrected chi connectivity index (χ4v) is 3.30. The molecular weight excluding hydrogens is 246 g/mol. The molecule has 2 rings (SSSR count). The summed E-state index contributed by atoms with van der Waals surface area (Å²) in [6.07, 6.45) is 8.18. The number of nitrogens with zero attached hydrogens (tertiary/aromatic N) is 2. The molecule has 1 aliphatic rings. The van der Waals surface area contributed by atoms with Gasteiger partial charge in [0.2, 0.25) is 0 Å². The normalized spacial score (nSPS) is 18.2. The van der Waals surface area contributed by atoms with Crippen LogP contribution in [0.15, 0.2) is 12.4 Å². The lowest BCUT2D eigenvalue weighted by molar-refractivity contribution is 0.252. The molecule has 4 heteroatoms. The Hall–Kier alpha value is -0.830. The van der Waals surface area contributed by atoms with Crippen molar-refractivity contribution in [1.29, 1.82) is 0 Å². The number of aromatic nitrogens is 2. The molecule has 1 fully saturated rings. The van der Waals surface area contributed by atoms with Crippen LogP contribution in [-0.2, 0) is 0 Å². The van der Waals surface area contributed by atoms with Crippen molar-refractivity contribution in [2.24, 2.45) is 11.3 Å². The quantitative estimate of drug-likeness (QED) is 0.815. The van der Waals surface area contributed by atoms with Crippen molar-refractivity contribution in [3.63, 3.8) is 0 Å². The lowest BCUT2D eigenvalue weighted by Gasteiger charge is -2.31. The van der Waals surface area contributed by atoms with Gasteiger partial charge in [0.05, 0.1) is 0 Å². The van der Waals surface area contributed by atoms with Gasteiger partial charge >= 0.3 is 0 Å². The van der Waals surface area contributed by atoms with Crippen LogP contribution in [0.1, 0.15) is 46.0 Å². The Labute approximate surface area is 114 Å². The van der Waals surface area contributed by atoms with E-state index >= 15 is 0 Å². The van der Waals surface area contributed by atoms with Crippen molar-refractivity contribution in [3.8, 4) is 0 Å². The maximum absolute atomic E-state index is 5.87. The lowest BCUT2D eigenvalue weighted by atomic mass is 9.78. The third-order valence-corrected chi connectivity index (χ3v) is 3.99. The molecule has 0 atom stereocenters. The smallest absolute Gasteiger partial charge is 0.134 e. The van der Waals surface area contributed by atoms with E-state index in [9.17, 15) is 0 Å². The molecule has 1 aromatic heterocycles. The van der Waals surface area contributed by atoms with Gasteiger partial charge in [-0.25, -0.2) is 9.97 Å². The van der Waals surface area contributed by atoms with Crippen molar-refractivity contribution in [1.82, 2.24) is 9.97 Å². The first-order chi connectivity index (χ1) is 8.60. The summed E-state index contributed by atoms with van der Waals surface area (Å²) in [5.41, 5.74) is 0.450. The van der Waals surface area contributed by atoms with Gasteiger partial charge in [0.25, 0.3) is 0 Å². The summed E-state index contributed by atoms with van der Waals surface area (Å²) in [5, 5.41) is 3.94. The minimum absolute atomic E-state index is 0.450. The Balaban J connectivity index is 1.97. The van der Waals surface area contributed by atoms with Crippen LogP contribution in [-0.4, -0.2) is 16.5 Å². The van der Waals surface area contributed by atoms with Crippen molar-refractivity contribution in [2.75, 3.05) is 11.9 Å². The van der Waals surface area contributed by atoms with E-state index in [1.54, 1.807) is 6.07 Å². The molecule has 0 bridgehead atoms. The predicted molar refractivity (Wildman–Crippen MR) is 75.9 cm³/mol. The van der Waals surface area contributed by atoms with Crippen molar-refractivity contribution < 1.29 is 0 Å². The summed E-state index contributed by atoms with van der Waals surface area (Å²) in [5.74, 6) is 1.59. The molecule has 1 saturated carbocycles. The second-order valence-electron chi connectivity index (χ2n) is 5.88. The van der Waals surface area contributed by atoms with Gasteiger partial charge in [-0.2, -0.15) is 0 Å². The van der Waals surface area contributed by atoms with E-state index < -0.39 is 0 Å². The van der Waals surface area contributed by atoms with E-state index in [1.807, 2.05) is 0 Å². The maximum atomic E-state index is 5.87. The molecule has 1 aliphatic carbocycles. The fraction of sp³-hybridized carbons (Fsp3) is 0.714. The van der Waals surface area contributed by atoms with Gasteiger partial charge in [0.15, 0.2) is 0 Å². The highest BCUT2D eigenvalue weighted by molar-refractivity contribution is 6.29. The highest BCUT2D eigenvalue weighted by Gasteiger charge is 2.34. The summed E-state index contributed by atoms with van der Waals surface area (Å²) in [6, 6.07) is 1.79. The number of hydrogen-bond acceptors (Lipinski definition) is 3. The minimum Gasteiger partial charge on any atom is -0.369 e. The largest absolute Gasteiger partial charge is 0.369 e. The SMILES string of the molecule is CC(C)CC1(CNc2cc(Cl)ncn2)CCCC1. The zero-order chi connectivity index (χ0) is 13.0. The molecule has 1 aromatic rings. The molecule has 0 radical (unpaired) electrons. The summed E-state index contributed by atoms with van der Waals surface area (Å²) < 4.78 is 0. The molecule has 0 spiro atoms. The number of nitrogens with one attached hydrogen (secondary N) is 1. The Bertz CT molecular complexity index is 386. The van der Waals surface area contributed by atoms with Gasteiger partial charge in [-0.15, -0.1) is 0 Å². The number of rotatable bonds is 5. The Morgan fingerprint density at radius 1 is 1.33 bits per heavy atom. The van der Waals surface area contributed by atoms with Crippen LogP contribution in [0, 0.1) is 11.3 Å². The van der Waals surface area contributed by atoms with E-state index in [-0.39, 0.29) is 0 Å². The average molecular weight is 268 g/mol. The maximum Gasteiger partial charge on any atom is 0.134 e. The molecule has 1 N–H and O–H groups in total. The first-order valence-electron chi connectivity index (χ1n) is 6.81. The minimum atomic E-state index is 0.450. The van der Waals surface area contributed by atoms with Gasteiger partial charge in [-0.1, -0.05) is 38.3 Å². The van der Waals surface area contributed by atoms with Gasteiger partial charge in [0, 0.05) is 12.6 Å².